The highest BCUT2D eigenvalue weighted by Gasteiger charge is 2.22. The van der Waals surface area contributed by atoms with E-state index in [1.54, 1.807) is 18.3 Å². The number of nitrogens with zero attached hydrogens (tertiary/aromatic N) is 1. The molecule has 0 spiro atoms. The Morgan fingerprint density at radius 3 is 2.81 bits per heavy atom. The van der Waals surface area contributed by atoms with Gasteiger partial charge in [0.1, 0.15) is 0 Å². The Labute approximate surface area is 150 Å². The lowest BCUT2D eigenvalue weighted by molar-refractivity contribution is 0.0927. The first-order valence-corrected chi connectivity index (χ1v) is 8.90. The molecule has 5 nitrogen and oxygen atoms in total. The molecule has 26 heavy (non-hydrogen) atoms. The fourth-order valence-electron chi connectivity index (χ4n) is 3.60. The molecular formula is C20H21FN4O. The van der Waals surface area contributed by atoms with E-state index in [4.69, 9.17) is 5.73 Å². The molecule has 0 saturated heterocycles. The van der Waals surface area contributed by atoms with E-state index in [9.17, 15) is 9.18 Å². The SMILES string of the molecule is NC1CCC(NC(=O)c2c[nH]c3ccc(-c4cccnc4F)cc23)CC1. The third kappa shape index (κ3) is 3.20. The van der Waals surface area contributed by atoms with Crippen LogP contribution in [0.3, 0.4) is 0 Å². The van der Waals surface area contributed by atoms with Crippen LogP contribution in [-0.4, -0.2) is 28.0 Å². The molecule has 2 aromatic heterocycles. The molecule has 1 aromatic carbocycles. The minimum atomic E-state index is -0.521. The van der Waals surface area contributed by atoms with Crippen LogP contribution in [0, 0.1) is 5.95 Å². The summed E-state index contributed by atoms with van der Waals surface area (Å²) in [4.78, 5) is 19.6. The summed E-state index contributed by atoms with van der Waals surface area (Å²) in [5.41, 5.74) is 8.45. The number of H-pyrrole nitrogens is 1. The topological polar surface area (TPSA) is 83.8 Å². The summed E-state index contributed by atoms with van der Waals surface area (Å²) < 4.78 is 14.0. The van der Waals surface area contributed by atoms with Gasteiger partial charge in [0.25, 0.3) is 5.91 Å². The van der Waals surface area contributed by atoms with Crippen molar-refractivity contribution in [3.8, 4) is 11.1 Å². The maximum absolute atomic E-state index is 14.0. The third-order valence-corrected chi connectivity index (χ3v) is 5.10. The first-order valence-electron chi connectivity index (χ1n) is 8.90. The fraction of sp³-hybridized carbons (Fsp3) is 0.300. The number of hydrogen-bond acceptors (Lipinski definition) is 3. The fourth-order valence-corrected chi connectivity index (χ4v) is 3.60. The average molecular weight is 352 g/mol. The van der Waals surface area contributed by atoms with Gasteiger partial charge in [0.2, 0.25) is 5.95 Å². The Hall–Kier alpha value is -2.73. The number of carbonyl (C=O) groups excluding carboxylic acids is 1. The molecule has 6 heteroatoms. The average Bonchev–Trinajstić information content (AvgIpc) is 3.07. The van der Waals surface area contributed by atoms with E-state index in [0.717, 1.165) is 36.6 Å². The van der Waals surface area contributed by atoms with Gasteiger partial charge < -0.3 is 16.0 Å². The van der Waals surface area contributed by atoms with E-state index in [2.05, 4.69) is 15.3 Å². The second-order valence-electron chi connectivity index (χ2n) is 6.89. The first-order chi connectivity index (χ1) is 12.6. The number of amides is 1. The van der Waals surface area contributed by atoms with E-state index >= 15 is 0 Å². The van der Waals surface area contributed by atoms with Gasteiger partial charge in [-0.15, -0.1) is 0 Å². The zero-order chi connectivity index (χ0) is 18.1. The molecule has 3 aromatic rings. The van der Waals surface area contributed by atoms with Crippen LogP contribution in [0.15, 0.2) is 42.7 Å². The zero-order valence-corrected chi connectivity index (χ0v) is 14.3. The minimum Gasteiger partial charge on any atom is -0.360 e. The van der Waals surface area contributed by atoms with Crippen molar-refractivity contribution < 1.29 is 9.18 Å². The van der Waals surface area contributed by atoms with Gasteiger partial charge in [-0.2, -0.15) is 4.39 Å². The molecule has 0 aliphatic heterocycles. The maximum atomic E-state index is 14.0. The summed E-state index contributed by atoms with van der Waals surface area (Å²) in [7, 11) is 0. The van der Waals surface area contributed by atoms with E-state index in [0.29, 0.717) is 16.7 Å². The summed E-state index contributed by atoms with van der Waals surface area (Å²) in [6, 6.07) is 9.29. The summed E-state index contributed by atoms with van der Waals surface area (Å²) in [5.74, 6) is -0.632. The maximum Gasteiger partial charge on any atom is 0.253 e. The van der Waals surface area contributed by atoms with Crippen molar-refractivity contribution >= 4 is 16.8 Å². The van der Waals surface area contributed by atoms with Crippen molar-refractivity contribution in [3.63, 3.8) is 0 Å². The van der Waals surface area contributed by atoms with Crippen molar-refractivity contribution in [1.82, 2.24) is 15.3 Å². The molecule has 1 saturated carbocycles. The van der Waals surface area contributed by atoms with Crippen LogP contribution in [0.4, 0.5) is 4.39 Å². The number of fused-ring (bicyclic) bond motifs is 1. The van der Waals surface area contributed by atoms with Crippen LogP contribution < -0.4 is 11.1 Å². The number of rotatable bonds is 3. The van der Waals surface area contributed by atoms with Crippen molar-refractivity contribution in [3.05, 3.63) is 54.2 Å². The number of benzene rings is 1. The van der Waals surface area contributed by atoms with Crippen molar-refractivity contribution in [2.75, 3.05) is 0 Å². The van der Waals surface area contributed by atoms with Gasteiger partial charge in [0, 0.05) is 40.9 Å². The molecule has 0 unspecified atom stereocenters. The Kier molecular flexibility index (Phi) is 4.42. The number of aromatic amines is 1. The van der Waals surface area contributed by atoms with Gasteiger partial charge in [-0.1, -0.05) is 6.07 Å². The molecule has 1 fully saturated rings. The molecular weight excluding hydrogens is 331 g/mol. The van der Waals surface area contributed by atoms with E-state index in [1.165, 1.54) is 6.20 Å². The van der Waals surface area contributed by atoms with Gasteiger partial charge in [-0.05, 0) is 55.5 Å². The van der Waals surface area contributed by atoms with Crippen LogP contribution in [-0.2, 0) is 0 Å². The van der Waals surface area contributed by atoms with E-state index in [-0.39, 0.29) is 18.0 Å². The highest BCUT2D eigenvalue weighted by atomic mass is 19.1. The quantitative estimate of drug-likeness (QED) is 0.632. The molecule has 0 atom stereocenters. The van der Waals surface area contributed by atoms with Crippen LogP contribution in [0.5, 0.6) is 0 Å². The number of pyridine rings is 1. The summed E-state index contributed by atoms with van der Waals surface area (Å²) >= 11 is 0. The monoisotopic (exact) mass is 352 g/mol. The number of hydrogen-bond donors (Lipinski definition) is 3. The van der Waals surface area contributed by atoms with Crippen LogP contribution >= 0.6 is 0 Å². The molecule has 4 rings (SSSR count). The Balaban J connectivity index is 1.62. The van der Waals surface area contributed by atoms with Gasteiger partial charge in [0.05, 0.1) is 5.56 Å². The predicted molar refractivity (Wildman–Crippen MR) is 99.2 cm³/mol. The Morgan fingerprint density at radius 2 is 2.04 bits per heavy atom. The van der Waals surface area contributed by atoms with Crippen LogP contribution in [0.1, 0.15) is 36.0 Å². The zero-order valence-electron chi connectivity index (χ0n) is 14.3. The molecule has 134 valence electrons. The molecule has 1 amide bonds. The van der Waals surface area contributed by atoms with Crippen LogP contribution in [0.2, 0.25) is 0 Å². The summed E-state index contributed by atoms with van der Waals surface area (Å²) in [6.07, 6.45) is 6.80. The van der Waals surface area contributed by atoms with Crippen molar-refractivity contribution in [1.29, 1.82) is 0 Å². The summed E-state index contributed by atoms with van der Waals surface area (Å²) in [5, 5.41) is 3.88. The predicted octanol–water partition coefficient (Wildman–Crippen LogP) is 3.37. The third-order valence-electron chi connectivity index (χ3n) is 5.10. The minimum absolute atomic E-state index is 0.111. The lowest BCUT2D eigenvalue weighted by Crippen LogP contribution is -2.40. The van der Waals surface area contributed by atoms with Crippen LogP contribution in [0.25, 0.3) is 22.0 Å². The molecule has 4 N–H and O–H groups in total. The lowest BCUT2D eigenvalue weighted by Gasteiger charge is -2.26. The van der Waals surface area contributed by atoms with Gasteiger partial charge >= 0.3 is 0 Å². The molecule has 0 radical (unpaired) electrons. The molecule has 1 aliphatic rings. The van der Waals surface area contributed by atoms with Crippen molar-refractivity contribution in [2.24, 2.45) is 5.73 Å². The first kappa shape index (κ1) is 16.7. The standard InChI is InChI=1S/C20H21FN4O/c21-19-15(2-1-9-23-19)12-3-8-18-16(10-12)17(11-24-18)20(26)25-14-6-4-13(22)5-7-14/h1-3,8-11,13-14,24H,4-7,22H2,(H,25,26). The lowest BCUT2D eigenvalue weighted by atomic mass is 9.91. The van der Waals surface area contributed by atoms with Gasteiger partial charge in [-0.3, -0.25) is 4.79 Å². The highest BCUT2D eigenvalue weighted by Crippen LogP contribution is 2.28. The summed E-state index contributed by atoms with van der Waals surface area (Å²) in [6.45, 7) is 0. The normalized spacial score (nSPS) is 20.2. The molecule has 2 heterocycles. The molecule has 0 bridgehead atoms. The molecule has 1 aliphatic carbocycles. The van der Waals surface area contributed by atoms with Gasteiger partial charge in [0.15, 0.2) is 0 Å². The van der Waals surface area contributed by atoms with E-state index < -0.39 is 5.95 Å². The van der Waals surface area contributed by atoms with Crippen molar-refractivity contribution in [2.45, 2.75) is 37.8 Å². The highest BCUT2D eigenvalue weighted by molar-refractivity contribution is 6.07. The second-order valence-corrected chi connectivity index (χ2v) is 6.89. The Morgan fingerprint density at radius 1 is 1.23 bits per heavy atom. The van der Waals surface area contributed by atoms with E-state index in [1.807, 2.05) is 18.2 Å². The Bertz CT molecular complexity index is 944. The largest absolute Gasteiger partial charge is 0.360 e. The van der Waals surface area contributed by atoms with Gasteiger partial charge in [-0.25, -0.2) is 4.98 Å². The smallest absolute Gasteiger partial charge is 0.253 e. The number of aromatic nitrogens is 2. The second kappa shape index (κ2) is 6.88. The number of carbonyl (C=O) groups is 1. The number of nitrogens with two attached hydrogens (primary N) is 1. The number of nitrogens with one attached hydrogen (secondary N) is 2. The number of halogens is 1.